The van der Waals surface area contributed by atoms with Crippen molar-refractivity contribution >= 4 is 15.8 Å². The topological polar surface area (TPSA) is 82.5 Å². The van der Waals surface area contributed by atoms with Crippen molar-refractivity contribution in [2.24, 2.45) is 0 Å². The number of ether oxygens (including phenoxy) is 1. The summed E-state index contributed by atoms with van der Waals surface area (Å²) in [6.45, 7) is 2.09. The zero-order valence-corrected chi connectivity index (χ0v) is 19.5. The van der Waals surface area contributed by atoms with Crippen LogP contribution in [-0.4, -0.2) is 51.9 Å². The maximum absolute atomic E-state index is 15.5. The Morgan fingerprint density at radius 2 is 1.94 bits per heavy atom. The highest BCUT2D eigenvalue weighted by Gasteiger charge is 2.48. The van der Waals surface area contributed by atoms with Gasteiger partial charge < -0.3 is 9.64 Å². The fraction of sp³-hybridized carbons (Fsp3) is 0.435. The van der Waals surface area contributed by atoms with Gasteiger partial charge in [-0.1, -0.05) is 24.3 Å². The molecule has 6 nitrogen and oxygen atoms in total. The van der Waals surface area contributed by atoms with E-state index in [2.05, 4.69) is 0 Å². The second kappa shape index (κ2) is 9.47. The van der Waals surface area contributed by atoms with Gasteiger partial charge in [0.05, 0.1) is 12.6 Å². The summed E-state index contributed by atoms with van der Waals surface area (Å²) in [4.78, 5) is 14.2. The van der Waals surface area contributed by atoms with E-state index in [0.717, 1.165) is 0 Å². The monoisotopic (exact) mass is 517 g/mol. The number of nitrogens with one attached hydrogen (secondary N) is 2. The third-order valence-electron chi connectivity index (χ3n) is 6.31. The van der Waals surface area contributed by atoms with E-state index in [1.54, 1.807) is 13.0 Å². The molecule has 190 valence electrons. The highest BCUT2D eigenvalue weighted by Crippen LogP contribution is 2.32. The van der Waals surface area contributed by atoms with Gasteiger partial charge in [0.1, 0.15) is 17.7 Å². The lowest BCUT2D eigenvalue weighted by Gasteiger charge is -2.34. The highest BCUT2D eigenvalue weighted by molar-refractivity contribution is 7.91. The molecule has 4 rings (SSSR count). The summed E-state index contributed by atoms with van der Waals surface area (Å²) >= 11 is 0. The summed E-state index contributed by atoms with van der Waals surface area (Å²) in [5.74, 6) is -1.68. The van der Waals surface area contributed by atoms with Gasteiger partial charge in [-0.2, -0.15) is 13.2 Å². The molecule has 4 atom stereocenters. The van der Waals surface area contributed by atoms with Crippen molar-refractivity contribution in [2.45, 2.75) is 49.9 Å². The van der Waals surface area contributed by atoms with Crippen molar-refractivity contribution in [2.75, 3.05) is 13.2 Å². The molecule has 2 fully saturated rings. The Balaban J connectivity index is 1.67. The summed E-state index contributed by atoms with van der Waals surface area (Å²) < 4.78 is 95.3. The van der Waals surface area contributed by atoms with Gasteiger partial charge in [-0.15, -0.1) is 0 Å². The number of likely N-dealkylation sites (tertiary alicyclic amines) is 1. The summed E-state index contributed by atoms with van der Waals surface area (Å²) in [6.07, 6.45) is -0.469. The van der Waals surface area contributed by atoms with Crippen LogP contribution in [0.25, 0.3) is 11.1 Å². The zero-order chi connectivity index (χ0) is 25.5. The van der Waals surface area contributed by atoms with E-state index in [-0.39, 0.29) is 30.5 Å². The molecule has 1 amide bonds. The number of carbonyl (C=O) groups excluding carboxylic acids is 1. The predicted molar refractivity (Wildman–Crippen MR) is 119 cm³/mol. The molecule has 2 saturated heterocycles. The molecule has 2 aliphatic rings. The molecule has 2 heterocycles. The molecule has 2 aromatic carbocycles. The van der Waals surface area contributed by atoms with E-state index in [9.17, 15) is 26.6 Å². The molecule has 35 heavy (non-hydrogen) atoms. The Bertz CT molecular complexity index is 1210. The number of amides is 1. The molecule has 0 bridgehead atoms. The fourth-order valence-electron chi connectivity index (χ4n) is 4.49. The van der Waals surface area contributed by atoms with Crippen molar-refractivity contribution in [1.82, 2.24) is 9.62 Å². The summed E-state index contributed by atoms with van der Waals surface area (Å²) in [6, 6.07) is 6.35. The third-order valence-corrected chi connectivity index (χ3v) is 7.59. The van der Waals surface area contributed by atoms with Gasteiger partial charge >= 0.3 is 5.51 Å². The number of alkyl halides is 3. The van der Waals surface area contributed by atoms with Crippen LogP contribution in [0, 0.1) is 23.3 Å². The first-order valence-electron chi connectivity index (χ1n) is 11.0. The minimum Gasteiger partial charge on any atom is -0.368 e. The van der Waals surface area contributed by atoms with Crippen LogP contribution in [0.1, 0.15) is 24.0 Å². The van der Waals surface area contributed by atoms with Crippen LogP contribution >= 0.6 is 0 Å². The Labute approximate surface area is 199 Å². The molecule has 2 aliphatic heterocycles. The van der Waals surface area contributed by atoms with Crippen LogP contribution in [0.15, 0.2) is 36.4 Å². The van der Waals surface area contributed by atoms with E-state index in [1.165, 1.54) is 35.2 Å². The molecule has 1 unspecified atom stereocenters. The predicted octanol–water partition coefficient (Wildman–Crippen LogP) is 4.31. The molecule has 0 aliphatic carbocycles. The first kappa shape index (κ1) is 25.5. The number of carbonyl (C=O) groups is 1. The number of hydrogen-bond donors (Lipinski definition) is 2. The van der Waals surface area contributed by atoms with Crippen LogP contribution < -0.4 is 4.72 Å². The lowest BCUT2D eigenvalue weighted by Crippen LogP contribution is -2.53. The molecular formula is C23H24F5N3O3S. The number of aryl methyl sites for hydroxylation is 1. The number of rotatable bonds is 6. The van der Waals surface area contributed by atoms with E-state index >= 15 is 4.39 Å². The maximum atomic E-state index is 15.5. The second-order valence-electron chi connectivity index (χ2n) is 8.76. The zero-order valence-electron chi connectivity index (χ0n) is 18.7. The van der Waals surface area contributed by atoms with Crippen molar-refractivity contribution in [3.63, 3.8) is 0 Å². The van der Waals surface area contributed by atoms with Crippen molar-refractivity contribution in [3.8, 4) is 11.1 Å². The van der Waals surface area contributed by atoms with Gasteiger partial charge in [-0.05, 0) is 48.6 Å². The molecule has 2 N–H and O–H groups in total. The standard InChI is InChI=1S/C23H24F5N3O3S/c1-13-9-15(11-16(24)10-13)17-4-2-3-14(21(17)25)12-19-18(30-35(29,33)23(26,27)28)5-7-31(19)22(32)20-6-8-34-20/h2-4,9-11,18-20H,5-8,12H2,1H3,(H2,29,30,33)/t18-,19-,20+,35?/m0/s1. The number of benzene rings is 2. The van der Waals surface area contributed by atoms with Crippen molar-refractivity contribution < 1.29 is 35.7 Å². The first-order valence-corrected chi connectivity index (χ1v) is 12.5. The van der Waals surface area contributed by atoms with Crippen LogP contribution in [0.5, 0.6) is 0 Å². The maximum Gasteiger partial charge on any atom is 0.492 e. The number of nitrogens with zero attached hydrogens (tertiary/aromatic N) is 1. The smallest absolute Gasteiger partial charge is 0.368 e. The van der Waals surface area contributed by atoms with Crippen LogP contribution in [0.3, 0.4) is 0 Å². The van der Waals surface area contributed by atoms with Gasteiger partial charge in [0, 0.05) is 24.6 Å². The van der Waals surface area contributed by atoms with E-state index in [4.69, 9.17) is 9.52 Å². The Hall–Kier alpha value is -2.57. The van der Waals surface area contributed by atoms with Gasteiger partial charge in [0.15, 0.2) is 0 Å². The third kappa shape index (κ3) is 5.19. The number of hydrogen-bond acceptors (Lipinski definition) is 4. The van der Waals surface area contributed by atoms with Crippen LogP contribution in [-0.2, 0) is 25.9 Å². The molecule has 12 heteroatoms. The quantitative estimate of drug-likeness (QED) is 0.561. The minimum atomic E-state index is -5.31. The normalized spacial score (nSPS) is 24.2. The Morgan fingerprint density at radius 3 is 2.54 bits per heavy atom. The fourth-order valence-corrected chi connectivity index (χ4v) is 5.32. The Morgan fingerprint density at radius 1 is 1.23 bits per heavy atom. The highest BCUT2D eigenvalue weighted by atomic mass is 32.2. The average molecular weight is 518 g/mol. The SMILES string of the molecule is Cc1cc(F)cc(-c2cccc(C[C@H]3[C@@H](NS(=N)(=O)C(F)(F)F)CCN3C(=O)[C@H]3CCO3)c2F)c1. The summed E-state index contributed by atoms with van der Waals surface area (Å²) in [7, 11) is -5.19. The van der Waals surface area contributed by atoms with Crippen LogP contribution in [0.4, 0.5) is 22.0 Å². The van der Waals surface area contributed by atoms with Crippen molar-refractivity contribution in [3.05, 3.63) is 59.2 Å². The number of halogens is 5. The lowest BCUT2D eigenvalue weighted by atomic mass is 9.95. The minimum absolute atomic E-state index is 0.000518. The van der Waals surface area contributed by atoms with Crippen molar-refractivity contribution in [1.29, 1.82) is 4.78 Å². The second-order valence-corrected chi connectivity index (χ2v) is 10.6. The Kier molecular flexibility index (Phi) is 6.91. The van der Waals surface area contributed by atoms with E-state index in [0.29, 0.717) is 24.2 Å². The largest absolute Gasteiger partial charge is 0.492 e. The molecular weight excluding hydrogens is 493 g/mol. The molecule has 0 radical (unpaired) electrons. The van der Waals surface area contributed by atoms with E-state index < -0.39 is 51.2 Å². The van der Waals surface area contributed by atoms with Crippen LogP contribution in [0.2, 0.25) is 0 Å². The van der Waals surface area contributed by atoms with E-state index in [1.807, 2.05) is 4.72 Å². The van der Waals surface area contributed by atoms with Gasteiger partial charge in [0.25, 0.3) is 5.91 Å². The first-order chi connectivity index (χ1) is 16.4. The molecule has 0 spiro atoms. The summed E-state index contributed by atoms with van der Waals surface area (Å²) in [5.41, 5.74) is -4.23. The van der Waals surface area contributed by atoms with Gasteiger partial charge in [-0.3, -0.25) is 4.79 Å². The summed E-state index contributed by atoms with van der Waals surface area (Å²) in [5, 5.41) is 0. The average Bonchev–Trinajstić information content (AvgIpc) is 3.08. The lowest BCUT2D eigenvalue weighted by molar-refractivity contribution is -0.157. The molecule has 0 aromatic heterocycles. The van der Waals surface area contributed by atoms with Gasteiger partial charge in [0.2, 0.25) is 9.92 Å². The van der Waals surface area contributed by atoms with Gasteiger partial charge in [-0.25, -0.2) is 22.5 Å². The molecule has 0 saturated carbocycles. The molecule has 2 aromatic rings.